The lowest BCUT2D eigenvalue weighted by Gasteiger charge is -2.03. The fourth-order valence-corrected chi connectivity index (χ4v) is 2.25. The standard InChI is InChI=1S/C12H15N5OS/c1-9-2-4-10(5-3-9)7-19-8-12(18)13-6-11-14-16-17-15-11/h2-5H,6-8H2,1H3,(H,13,18)(H,14,15,16,17). The van der Waals surface area contributed by atoms with Crippen molar-refractivity contribution in [3.63, 3.8) is 0 Å². The quantitative estimate of drug-likeness (QED) is 0.825. The molecule has 1 aromatic heterocycles. The molecule has 0 aliphatic carbocycles. The number of aromatic amines is 1. The van der Waals surface area contributed by atoms with E-state index < -0.39 is 0 Å². The summed E-state index contributed by atoms with van der Waals surface area (Å²) in [6.45, 7) is 2.36. The maximum Gasteiger partial charge on any atom is 0.230 e. The molecule has 1 aromatic carbocycles. The Kier molecular flexibility index (Phi) is 4.91. The number of thioether (sulfide) groups is 1. The SMILES string of the molecule is Cc1ccc(CSCC(=O)NCc2nn[nH]n2)cc1. The van der Waals surface area contributed by atoms with Crippen LogP contribution in [0.5, 0.6) is 0 Å². The molecule has 0 spiro atoms. The minimum atomic E-state index is -0.0260. The van der Waals surface area contributed by atoms with Gasteiger partial charge in [0.15, 0.2) is 5.82 Å². The molecule has 2 aromatic rings. The number of aromatic nitrogens is 4. The zero-order chi connectivity index (χ0) is 13.5. The molecule has 100 valence electrons. The van der Waals surface area contributed by atoms with Crippen LogP contribution < -0.4 is 5.32 Å². The van der Waals surface area contributed by atoms with Gasteiger partial charge in [-0.05, 0) is 12.5 Å². The second-order valence-corrected chi connectivity index (χ2v) is 5.07. The van der Waals surface area contributed by atoms with Crippen LogP contribution in [0.1, 0.15) is 17.0 Å². The highest BCUT2D eigenvalue weighted by Crippen LogP contribution is 2.12. The van der Waals surface area contributed by atoms with E-state index in [2.05, 4.69) is 57.1 Å². The first kappa shape index (κ1) is 13.5. The Morgan fingerprint density at radius 2 is 2.16 bits per heavy atom. The van der Waals surface area contributed by atoms with Crippen LogP contribution in [-0.2, 0) is 17.1 Å². The molecule has 0 radical (unpaired) electrons. The number of rotatable bonds is 6. The topological polar surface area (TPSA) is 83.6 Å². The van der Waals surface area contributed by atoms with Crippen LogP contribution in [0.3, 0.4) is 0 Å². The second-order valence-electron chi connectivity index (χ2n) is 4.08. The molecule has 0 saturated heterocycles. The number of H-pyrrole nitrogens is 1. The van der Waals surface area contributed by atoms with Gasteiger partial charge in [-0.15, -0.1) is 22.0 Å². The van der Waals surface area contributed by atoms with E-state index in [0.717, 1.165) is 5.75 Å². The number of nitrogens with zero attached hydrogens (tertiary/aromatic N) is 3. The van der Waals surface area contributed by atoms with E-state index in [0.29, 0.717) is 18.1 Å². The number of carbonyl (C=O) groups excluding carboxylic acids is 1. The maximum atomic E-state index is 11.6. The van der Waals surface area contributed by atoms with E-state index in [-0.39, 0.29) is 5.91 Å². The van der Waals surface area contributed by atoms with E-state index in [4.69, 9.17) is 0 Å². The summed E-state index contributed by atoms with van der Waals surface area (Å²) < 4.78 is 0. The van der Waals surface area contributed by atoms with Gasteiger partial charge in [0.2, 0.25) is 5.91 Å². The number of hydrogen-bond donors (Lipinski definition) is 2. The third-order valence-electron chi connectivity index (χ3n) is 2.46. The van der Waals surface area contributed by atoms with E-state index >= 15 is 0 Å². The van der Waals surface area contributed by atoms with Crippen molar-refractivity contribution in [3.05, 3.63) is 41.2 Å². The number of nitrogens with one attached hydrogen (secondary N) is 2. The van der Waals surface area contributed by atoms with Crippen molar-refractivity contribution in [2.45, 2.75) is 19.2 Å². The molecular weight excluding hydrogens is 262 g/mol. The van der Waals surface area contributed by atoms with Gasteiger partial charge in [0, 0.05) is 5.75 Å². The average Bonchev–Trinajstić information content (AvgIpc) is 2.92. The van der Waals surface area contributed by atoms with Crippen LogP contribution in [0.2, 0.25) is 0 Å². The van der Waals surface area contributed by atoms with Crippen LogP contribution in [0.15, 0.2) is 24.3 Å². The van der Waals surface area contributed by atoms with E-state index in [1.807, 2.05) is 0 Å². The van der Waals surface area contributed by atoms with Gasteiger partial charge in [0.1, 0.15) is 0 Å². The lowest BCUT2D eigenvalue weighted by Crippen LogP contribution is -2.25. The Hall–Kier alpha value is -1.89. The van der Waals surface area contributed by atoms with Crippen molar-refractivity contribution in [3.8, 4) is 0 Å². The number of tetrazole rings is 1. The number of carbonyl (C=O) groups is 1. The summed E-state index contributed by atoms with van der Waals surface area (Å²) in [5, 5.41) is 16.0. The molecule has 0 fully saturated rings. The summed E-state index contributed by atoms with van der Waals surface area (Å²) in [6.07, 6.45) is 0. The number of hydrogen-bond acceptors (Lipinski definition) is 5. The molecule has 0 unspecified atom stereocenters. The summed E-state index contributed by atoms with van der Waals surface area (Å²) in [6, 6.07) is 8.32. The zero-order valence-corrected chi connectivity index (χ0v) is 11.4. The molecule has 2 rings (SSSR count). The molecule has 7 heteroatoms. The normalized spacial score (nSPS) is 10.4. The molecule has 0 aliphatic rings. The third kappa shape index (κ3) is 4.70. The first-order chi connectivity index (χ1) is 9.24. The molecule has 19 heavy (non-hydrogen) atoms. The van der Waals surface area contributed by atoms with E-state index in [1.165, 1.54) is 11.1 Å². The van der Waals surface area contributed by atoms with Crippen molar-refractivity contribution in [2.75, 3.05) is 5.75 Å². The van der Waals surface area contributed by atoms with Gasteiger partial charge in [-0.25, -0.2) is 0 Å². The molecule has 0 aliphatic heterocycles. The van der Waals surface area contributed by atoms with Gasteiger partial charge >= 0.3 is 0 Å². The number of aryl methyl sites for hydroxylation is 1. The summed E-state index contributed by atoms with van der Waals surface area (Å²) in [5.41, 5.74) is 2.47. The fraction of sp³-hybridized carbons (Fsp3) is 0.333. The zero-order valence-electron chi connectivity index (χ0n) is 10.6. The van der Waals surface area contributed by atoms with Crippen LogP contribution in [0, 0.1) is 6.92 Å². The van der Waals surface area contributed by atoms with Crippen molar-refractivity contribution >= 4 is 17.7 Å². The lowest BCUT2D eigenvalue weighted by atomic mass is 10.2. The van der Waals surface area contributed by atoms with E-state index in [9.17, 15) is 4.79 Å². The number of amides is 1. The molecule has 0 bridgehead atoms. The molecule has 2 N–H and O–H groups in total. The summed E-state index contributed by atoms with van der Waals surface area (Å²) in [5.74, 6) is 1.71. The Morgan fingerprint density at radius 3 is 2.84 bits per heavy atom. The third-order valence-corrected chi connectivity index (χ3v) is 3.46. The number of benzene rings is 1. The largest absolute Gasteiger partial charge is 0.348 e. The van der Waals surface area contributed by atoms with Gasteiger partial charge < -0.3 is 5.32 Å². The van der Waals surface area contributed by atoms with Crippen LogP contribution in [0.4, 0.5) is 0 Å². The highest BCUT2D eigenvalue weighted by atomic mass is 32.2. The Bertz CT molecular complexity index is 511. The van der Waals surface area contributed by atoms with Crippen molar-refractivity contribution in [2.24, 2.45) is 0 Å². The predicted molar refractivity (Wildman–Crippen MR) is 73.4 cm³/mol. The minimum Gasteiger partial charge on any atom is -0.348 e. The summed E-state index contributed by atoms with van der Waals surface area (Å²) in [4.78, 5) is 11.6. The summed E-state index contributed by atoms with van der Waals surface area (Å²) in [7, 11) is 0. The van der Waals surface area contributed by atoms with E-state index in [1.54, 1.807) is 11.8 Å². The van der Waals surface area contributed by atoms with Crippen molar-refractivity contribution < 1.29 is 4.79 Å². The van der Waals surface area contributed by atoms with Gasteiger partial charge in [-0.3, -0.25) is 4.79 Å². The molecular formula is C12H15N5OS. The monoisotopic (exact) mass is 277 g/mol. The maximum absolute atomic E-state index is 11.6. The average molecular weight is 277 g/mol. The smallest absolute Gasteiger partial charge is 0.230 e. The summed E-state index contributed by atoms with van der Waals surface area (Å²) >= 11 is 1.58. The van der Waals surface area contributed by atoms with Gasteiger partial charge in [0.25, 0.3) is 0 Å². The molecule has 1 heterocycles. The highest BCUT2D eigenvalue weighted by molar-refractivity contribution is 7.99. The Labute approximate surface area is 115 Å². The van der Waals surface area contributed by atoms with Crippen LogP contribution in [0.25, 0.3) is 0 Å². The van der Waals surface area contributed by atoms with Gasteiger partial charge in [-0.2, -0.15) is 5.21 Å². The fourth-order valence-electron chi connectivity index (χ4n) is 1.43. The Balaban J connectivity index is 1.65. The second kappa shape index (κ2) is 6.89. The molecule has 6 nitrogen and oxygen atoms in total. The first-order valence-corrected chi connectivity index (χ1v) is 7.02. The molecule has 1 amide bonds. The Morgan fingerprint density at radius 1 is 1.37 bits per heavy atom. The van der Waals surface area contributed by atoms with Gasteiger partial charge in [-0.1, -0.05) is 35.0 Å². The lowest BCUT2D eigenvalue weighted by molar-refractivity contribution is -0.118. The molecule has 0 saturated carbocycles. The predicted octanol–water partition coefficient (Wildman–Crippen LogP) is 1.06. The first-order valence-electron chi connectivity index (χ1n) is 5.86. The van der Waals surface area contributed by atoms with Crippen LogP contribution in [-0.4, -0.2) is 32.3 Å². The van der Waals surface area contributed by atoms with Gasteiger partial charge in [0.05, 0.1) is 12.3 Å². The highest BCUT2D eigenvalue weighted by Gasteiger charge is 2.04. The van der Waals surface area contributed by atoms with Crippen molar-refractivity contribution in [1.29, 1.82) is 0 Å². The minimum absolute atomic E-state index is 0.0260. The molecule has 0 atom stereocenters. The van der Waals surface area contributed by atoms with Crippen LogP contribution >= 0.6 is 11.8 Å². The van der Waals surface area contributed by atoms with Crippen molar-refractivity contribution in [1.82, 2.24) is 25.9 Å².